The molecule has 114 valence electrons. The van der Waals surface area contributed by atoms with E-state index < -0.39 is 0 Å². The van der Waals surface area contributed by atoms with Crippen LogP contribution in [0.15, 0.2) is 16.6 Å². The molecule has 0 saturated heterocycles. The SMILES string of the molecule is CCc1n[nH]c(=S)n1NCc1cc(OC)c(OC)cc1Br. The summed E-state index contributed by atoms with van der Waals surface area (Å²) in [6, 6.07) is 3.80. The van der Waals surface area contributed by atoms with Gasteiger partial charge in [-0.15, -0.1) is 0 Å². The van der Waals surface area contributed by atoms with E-state index in [1.165, 1.54) is 0 Å². The van der Waals surface area contributed by atoms with Crippen molar-refractivity contribution in [1.29, 1.82) is 0 Å². The molecule has 2 N–H and O–H groups in total. The van der Waals surface area contributed by atoms with Crippen LogP contribution in [0.3, 0.4) is 0 Å². The van der Waals surface area contributed by atoms with Gasteiger partial charge in [-0.3, -0.25) is 5.10 Å². The summed E-state index contributed by atoms with van der Waals surface area (Å²) in [5.41, 5.74) is 4.28. The Morgan fingerprint density at radius 3 is 2.62 bits per heavy atom. The van der Waals surface area contributed by atoms with Gasteiger partial charge in [0.05, 0.1) is 20.8 Å². The number of rotatable bonds is 6. The van der Waals surface area contributed by atoms with Crippen molar-refractivity contribution in [2.45, 2.75) is 19.9 Å². The first-order chi connectivity index (χ1) is 10.1. The smallest absolute Gasteiger partial charge is 0.214 e. The second-order valence-corrected chi connectivity index (χ2v) is 5.51. The van der Waals surface area contributed by atoms with Gasteiger partial charge in [-0.05, 0) is 29.9 Å². The van der Waals surface area contributed by atoms with Crippen molar-refractivity contribution in [3.05, 3.63) is 32.8 Å². The topological polar surface area (TPSA) is 64.1 Å². The van der Waals surface area contributed by atoms with Crippen LogP contribution in [0, 0.1) is 4.77 Å². The van der Waals surface area contributed by atoms with Crippen molar-refractivity contribution in [3.8, 4) is 11.5 Å². The van der Waals surface area contributed by atoms with Crippen LogP contribution in [0.4, 0.5) is 0 Å². The predicted octanol–water partition coefficient (Wildman–Crippen LogP) is 3.03. The third-order valence-electron chi connectivity index (χ3n) is 3.04. The maximum atomic E-state index is 5.32. The molecule has 1 aromatic heterocycles. The Kier molecular flexibility index (Phi) is 5.24. The Balaban J connectivity index is 2.24. The molecule has 1 heterocycles. The fourth-order valence-electron chi connectivity index (χ4n) is 1.93. The Bertz CT molecular complexity index is 683. The summed E-state index contributed by atoms with van der Waals surface area (Å²) in [6.07, 6.45) is 0.785. The molecule has 0 radical (unpaired) electrons. The minimum atomic E-state index is 0.545. The molecule has 8 heteroatoms. The molecule has 0 spiro atoms. The summed E-state index contributed by atoms with van der Waals surface area (Å²) in [5.74, 6) is 2.22. The number of ether oxygens (including phenoxy) is 2. The largest absolute Gasteiger partial charge is 0.493 e. The summed E-state index contributed by atoms with van der Waals surface area (Å²) < 4.78 is 13.8. The minimum absolute atomic E-state index is 0.545. The van der Waals surface area contributed by atoms with Crippen molar-refractivity contribution in [2.75, 3.05) is 19.6 Å². The first-order valence-electron chi connectivity index (χ1n) is 6.41. The molecular weight excluding hydrogens is 356 g/mol. The molecule has 2 aromatic rings. The van der Waals surface area contributed by atoms with Gasteiger partial charge in [-0.1, -0.05) is 22.9 Å². The number of aromatic nitrogens is 3. The Morgan fingerprint density at radius 1 is 1.33 bits per heavy atom. The van der Waals surface area contributed by atoms with E-state index in [0.717, 1.165) is 22.3 Å². The van der Waals surface area contributed by atoms with Crippen LogP contribution >= 0.6 is 28.1 Å². The predicted molar refractivity (Wildman–Crippen MR) is 87.1 cm³/mol. The lowest BCUT2D eigenvalue weighted by molar-refractivity contribution is 0.354. The molecule has 0 aliphatic carbocycles. The molecule has 0 aliphatic heterocycles. The molecule has 1 aromatic carbocycles. The van der Waals surface area contributed by atoms with Gasteiger partial charge >= 0.3 is 0 Å². The van der Waals surface area contributed by atoms with E-state index in [2.05, 4.69) is 31.6 Å². The summed E-state index contributed by atoms with van der Waals surface area (Å²) in [6.45, 7) is 2.59. The van der Waals surface area contributed by atoms with Crippen LogP contribution in [0.2, 0.25) is 0 Å². The van der Waals surface area contributed by atoms with E-state index in [-0.39, 0.29) is 0 Å². The summed E-state index contributed by atoms with van der Waals surface area (Å²) in [7, 11) is 3.23. The number of aryl methyl sites for hydroxylation is 1. The number of halogens is 1. The lowest BCUT2D eigenvalue weighted by atomic mass is 10.2. The highest BCUT2D eigenvalue weighted by Crippen LogP contribution is 2.33. The van der Waals surface area contributed by atoms with E-state index in [0.29, 0.717) is 22.8 Å². The molecular formula is C13H17BrN4O2S. The fourth-order valence-corrected chi connectivity index (χ4v) is 2.60. The molecule has 0 amide bonds. The number of hydrogen-bond donors (Lipinski definition) is 2. The second kappa shape index (κ2) is 6.95. The van der Waals surface area contributed by atoms with Gasteiger partial charge in [0.1, 0.15) is 0 Å². The van der Waals surface area contributed by atoms with Crippen LogP contribution in [-0.2, 0) is 13.0 Å². The number of aromatic amines is 1. The van der Waals surface area contributed by atoms with Crippen LogP contribution in [0.25, 0.3) is 0 Å². The van der Waals surface area contributed by atoms with Crippen molar-refractivity contribution < 1.29 is 9.47 Å². The third-order valence-corrected chi connectivity index (χ3v) is 4.05. The van der Waals surface area contributed by atoms with Crippen molar-refractivity contribution in [3.63, 3.8) is 0 Å². The van der Waals surface area contributed by atoms with E-state index >= 15 is 0 Å². The van der Waals surface area contributed by atoms with Gasteiger partial charge in [-0.2, -0.15) is 5.10 Å². The first-order valence-corrected chi connectivity index (χ1v) is 7.61. The molecule has 0 saturated carbocycles. The molecule has 0 aliphatic rings. The zero-order valence-corrected chi connectivity index (χ0v) is 14.5. The molecule has 0 bridgehead atoms. The van der Waals surface area contributed by atoms with Gasteiger partial charge in [-0.25, -0.2) is 4.68 Å². The summed E-state index contributed by atoms with van der Waals surface area (Å²) >= 11 is 8.74. The third kappa shape index (κ3) is 3.38. The highest BCUT2D eigenvalue weighted by molar-refractivity contribution is 9.10. The van der Waals surface area contributed by atoms with Crippen LogP contribution in [0.5, 0.6) is 11.5 Å². The number of methoxy groups -OCH3 is 2. The average molecular weight is 373 g/mol. The van der Waals surface area contributed by atoms with E-state index in [1.807, 2.05) is 19.1 Å². The van der Waals surface area contributed by atoms with Gasteiger partial charge < -0.3 is 14.9 Å². The van der Waals surface area contributed by atoms with Crippen LogP contribution < -0.4 is 14.9 Å². The van der Waals surface area contributed by atoms with Gasteiger partial charge in [0.2, 0.25) is 4.77 Å². The van der Waals surface area contributed by atoms with E-state index in [1.54, 1.807) is 18.9 Å². The molecule has 21 heavy (non-hydrogen) atoms. The quantitative estimate of drug-likeness (QED) is 0.763. The molecule has 6 nitrogen and oxygen atoms in total. The van der Waals surface area contributed by atoms with Crippen molar-refractivity contribution in [1.82, 2.24) is 14.9 Å². The Labute approximate surface area is 136 Å². The Morgan fingerprint density at radius 2 is 2.00 bits per heavy atom. The molecule has 0 atom stereocenters. The normalized spacial score (nSPS) is 10.5. The summed E-state index contributed by atoms with van der Waals surface area (Å²) in [5, 5.41) is 6.93. The molecule has 0 fully saturated rings. The highest BCUT2D eigenvalue weighted by atomic mass is 79.9. The lowest BCUT2D eigenvalue weighted by Gasteiger charge is -2.14. The Hall–Kier alpha value is -1.54. The maximum absolute atomic E-state index is 5.32. The molecule has 0 unspecified atom stereocenters. The molecule has 2 rings (SSSR count). The maximum Gasteiger partial charge on any atom is 0.214 e. The summed E-state index contributed by atoms with van der Waals surface area (Å²) in [4.78, 5) is 0. The van der Waals surface area contributed by atoms with Crippen molar-refractivity contribution >= 4 is 28.1 Å². The number of H-pyrrole nitrogens is 1. The van der Waals surface area contributed by atoms with E-state index in [4.69, 9.17) is 21.7 Å². The fraction of sp³-hybridized carbons (Fsp3) is 0.385. The minimum Gasteiger partial charge on any atom is -0.493 e. The van der Waals surface area contributed by atoms with Gasteiger partial charge in [0.25, 0.3) is 0 Å². The number of nitrogens with zero attached hydrogens (tertiary/aromatic N) is 2. The number of nitrogens with one attached hydrogen (secondary N) is 2. The zero-order chi connectivity index (χ0) is 15.4. The highest BCUT2D eigenvalue weighted by Gasteiger charge is 2.10. The first kappa shape index (κ1) is 15.8. The standard InChI is InChI=1S/C13H17BrN4O2S/c1-4-12-16-17-13(21)18(12)15-7-8-5-10(19-2)11(20-3)6-9(8)14/h5-6,15H,4,7H2,1-3H3,(H,17,21). The average Bonchev–Trinajstić information content (AvgIpc) is 2.85. The lowest BCUT2D eigenvalue weighted by Crippen LogP contribution is -2.17. The number of benzene rings is 1. The van der Waals surface area contributed by atoms with Crippen LogP contribution in [0.1, 0.15) is 18.3 Å². The zero-order valence-electron chi connectivity index (χ0n) is 12.1. The van der Waals surface area contributed by atoms with Gasteiger partial charge in [0.15, 0.2) is 17.3 Å². The number of hydrogen-bond acceptors (Lipinski definition) is 5. The second-order valence-electron chi connectivity index (χ2n) is 4.27. The van der Waals surface area contributed by atoms with Crippen molar-refractivity contribution in [2.24, 2.45) is 0 Å². The van der Waals surface area contributed by atoms with E-state index in [9.17, 15) is 0 Å². The monoisotopic (exact) mass is 372 g/mol. The van der Waals surface area contributed by atoms with Gasteiger partial charge in [0, 0.05) is 10.9 Å². The van der Waals surface area contributed by atoms with Crippen LogP contribution in [-0.4, -0.2) is 29.1 Å².